The van der Waals surface area contributed by atoms with Gasteiger partial charge in [0, 0.05) is 43.4 Å². The van der Waals surface area contributed by atoms with Crippen molar-refractivity contribution < 1.29 is 9.53 Å². The lowest BCUT2D eigenvalue weighted by Gasteiger charge is -2.07. The van der Waals surface area contributed by atoms with Crippen molar-refractivity contribution in [2.45, 2.75) is 9.92 Å². The predicted molar refractivity (Wildman–Crippen MR) is 91.9 cm³/mol. The summed E-state index contributed by atoms with van der Waals surface area (Å²) < 4.78 is 4.94. The average Bonchev–Trinajstić information content (AvgIpc) is 2.59. The van der Waals surface area contributed by atoms with Crippen LogP contribution in [0.2, 0.25) is 0 Å². The Morgan fingerprint density at radius 2 is 1.96 bits per heavy atom. The fourth-order valence-electron chi connectivity index (χ4n) is 1.87. The number of aromatic nitrogens is 1. The lowest BCUT2D eigenvalue weighted by molar-refractivity contribution is 0.0953. The average molecular weight is 331 g/mol. The van der Waals surface area contributed by atoms with Crippen molar-refractivity contribution in [2.24, 2.45) is 0 Å². The van der Waals surface area contributed by atoms with Gasteiger partial charge in [0.1, 0.15) is 5.03 Å². The predicted octanol–water partition coefficient (Wildman–Crippen LogP) is 2.20. The van der Waals surface area contributed by atoms with Gasteiger partial charge in [-0.3, -0.25) is 4.79 Å². The highest BCUT2D eigenvalue weighted by atomic mass is 32.2. The second-order valence-electron chi connectivity index (χ2n) is 4.79. The number of pyridine rings is 1. The van der Waals surface area contributed by atoms with Crippen LogP contribution in [-0.4, -0.2) is 44.2 Å². The molecule has 0 bridgehead atoms. The molecule has 1 heterocycles. The minimum Gasteiger partial charge on any atom is -0.383 e. The van der Waals surface area contributed by atoms with Gasteiger partial charge < -0.3 is 15.4 Å². The van der Waals surface area contributed by atoms with E-state index in [2.05, 4.69) is 15.6 Å². The zero-order chi connectivity index (χ0) is 16.3. The molecule has 0 spiro atoms. The van der Waals surface area contributed by atoms with Gasteiger partial charge in [0.2, 0.25) is 0 Å². The number of rotatable bonds is 9. The Bertz CT molecular complexity index is 591. The van der Waals surface area contributed by atoms with E-state index in [1.165, 1.54) is 0 Å². The monoisotopic (exact) mass is 331 g/mol. The van der Waals surface area contributed by atoms with Crippen LogP contribution in [0.4, 0.5) is 0 Å². The molecule has 2 N–H and O–H groups in total. The number of benzene rings is 1. The number of hydrogen-bond acceptors (Lipinski definition) is 5. The summed E-state index contributed by atoms with van der Waals surface area (Å²) in [5, 5.41) is 7.00. The topological polar surface area (TPSA) is 63.2 Å². The molecule has 2 aromatic rings. The molecule has 0 unspecified atom stereocenters. The second kappa shape index (κ2) is 9.99. The molecule has 2 rings (SSSR count). The summed E-state index contributed by atoms with van der Waals surface area (Å²) in [4.78, 5) is 17.3. The van der Waals surface area contributed by atoms with Gasteiger partial charge in [-0.05, 0) is 36.4 Å². The quantitative estimate of drug-likeness (QED) is 0.690. The first kappa shape index (κ1) is 17.5. The molecule has 0 saturated heterocycles. The van der Waals surface area contributed by atoms with E-state index in [4.69, 9.17) is 4.74 Å². The zero-order valence-electron chi connectivity index (χ0n) is 13.1. The maximum Gasteiger partial charge on any atom is 0.251 e. The molecule has 1 amide bonds. The van der Waals surface area contributed by atoms with Crippen LogP contribution in [0.5, 0.6) is 0 Å². The molecule has 122 valence electrons. The van der Waals surface area contributed by atoms with Crippen LogP contribution in [0.3, 0.4) is 0 Å². The first-order valence-electron chi connectivity index (χ1n) is 7.46. The highest BCUT2D eigenvalue weighted by Crippen LogP contribution is 2.25. The van der Waals surface area contributed by atoms with Gasteiger partial charge in [-0.25, -0.2) is 4.98 Å². The molecule has 1 aromatic carbocycles. The summed E-state index contributed by atoms with van der Waals surface area (Å²) in [6, 6.07) is 13.3. The summed E-state index contributed by atoms with van der Waals surface area (Å²) in [5.41, 5.74) is 0.660. The Morgan fingerprint density at radius 3 is 2.65 bits per heavy atom. The third-order valence-corrected chi connectivity index (χ3v) is 4.01. The largest absolute Gasteiger partial charge is 0.383 e. The fourth-order valence-corrected chi connectivity index (χ4v) is 2.64. The van der Waals surface area contributed by atoms with Crippen molar-refractivity contribution in [3.8, 4) is 0 Å². The number of carbonyl (C=O) groups is 1. The van der Waals surface area contributed by atoms with E-state index >= 15 is 0 Å². The summed E-state index contributed by atoms with van der Waals surface area (Å²) in [5.74, 6) is -0.0621. The Balaban J connectivity index is 1.76. The second-order valence-corrected chi connectivity index (χ2v) is 5.89. The van der Waals surface area contributed by atoms with Crippen molar-refractivity contribution in [1.29, 1.82) is 0 Å². The highest BCUT2D eigenvalue weighted by Gasteiger charge is 2.05. The zero-order valence-corrected chi connectivity index (χ0v) is 13.9. The van der Waals surface area contributed by atoms with Crippen molar-refractivity contribution in [3.63, 3.8) is 0 Å². The van der Waals surface area contributed by atoms with Gasteiger partial charge >= 0.3 is 0 Å². The van der Waals surface area contributed by atoms with Crippen molar-refractivity contribution >= 4 is 17.7 Å². The molecule has 0 aliphatic carbocycles. The lowest BCUT2D eigenvalue weighted by Crippen LogP contribution is -2.33. The maximum atomic E-state index is 12.0. The third-order valence-electron chi connectivity index (χ3n) is 3.05. The van der Waals surface area contributed by atoms with E-state index in [9.17, 15) is 4.79 Å². The standard InChI is InChI=1S/C17H21N3O2S/c1-22-13-12-18-10-11-20-17(21)14-5-7-15(8-6-14)23-16-4-2-3-9-19-16/h2-9,18H,10-13H2,1H3,(H,20,21). The first-order valence-corrected chi connectivity index (χ1v) is 8.28. The molecule has 5 nitrogen and oxygen atoms in total. The Morgan fingerprint density at radius 1 is 1.13 bits per heavy atom. The van der Waals surface area contributed by atoms with Crippen LogP contribution >= 0.6 is 11.8 Å². The highest BCUT2D eigenvalue weighted by molar-refractivity contribution is 7.99. The molecule has 0 saturated carbocycles. The van der Waals surface area contributed by atoms with Gasteiger partial charge in [-0.1, -0.05) is 17.8 Å². The SMILES string of the molecule is COCCNCCNC(=O)c1ccc(Sc2ccccn2)cc1. The number of ether oxygens (including phenoxy) is 1. The van der Waals surface area contributed by atoms with Gasteiger partial charge in [-0.15, -0.1) is 0 Å². The van der Waals surface area contributed by atoms with Crippen LogP contribution in [0.15, 0.2) is 58.6 Å². The van der Waals surface area contributed by atoms with Crippen LogP contribution in [0, 0.1) is 0 Å². The van der Waals surface area contributed by atoms with Gasteiger partial charge in [-0.2, -0.15) is 0 Å². The molecule has 23 heavy (non-hydrogen) atoms. The molecule has 0 aliphatic rings. The first-order chi connectivity index (χ1) is 11.3. The van der Waals surface area contributed by atoms with E-state index in [0.717, 1.165) is 23.0 Å². The van der Waals surface area contributed by atoms with Crippen molar-refractivity contribution in [1.82, 2.24) is 15.6 Å². The van der Waals surface area contributed by atoms with Crippen LogP contribution in [-0.2, 0) is 4.74 Å². The minimum absolute atomic E-state index is 0.0621. The van der Waals surface area contributed by atoms with Gasteiger partial charge in [0.25, 0.3) is 5.91 Å². The van der Waals surface area contributed by atoms with Crippen LogP contribution < -0.4 is 10.6 Å². The molecule has 1 aromatic heterocycles. The van der Waals surface area contributed by atoms with E-state index < -0.39 is 0 Å². The van der Waals surface area contributed by atoms with E-state index in [1.54, 1.807) is 25.1 Å². The van der Waals surface area contributed by atoms with Gasteiger partial charge in [0.15, 0.2) is 0 Å². The number of nitrogens with zero attached hydrogens (tertiary/aromatic N) is 1. The molecule has 0 atom stereocenters. The summed E-state index contributed by atoms with van der Waals surface area (Å²) in [6.45, 7) is 2.77. The molecule has 6 heteroatoms. The summed E-state index contributed by atoms with van der Waals surface area (Å²) in [7, 11) is 1.67. The van der Waals surface area contributed by atoms with Crippen LogP contribution in [0.25, 0.3) is 0 Å². The summed E-state index contributed by atoms with van der Waals surface area (Å²) in [6.07, 6.45) is 1.77. The van der Waals surface area contributed by atoms with E-state index in [0.29, 0.717) is 18.7 Å². The number of amides is 1. The molecule has 0 aliphatic heterocycles. The Hall–Kier alpha value is -1.89. The third kappa shape index (κ3) is 6.40. The number of methoxy groups -OCH3 is 1. The smallest absolute Gasteiger partial charge is 0.251 e. The fraction of sp³-hybridized carbons (Fsp3) is 0.294. The molecule has 0 radical (unpaired) electrons. The lowest BCUT2D eigenvalue weighted by atomic mass is 10.2. The number of carbonyl (C=O) groups excluding carboxylic acids is 1. The molecular weight excluding hydrogens is 310 g/mol. The van der Waals surface area contributed by atoms with E-state index in [-0.39, 0.29) is 5.91 Å². The van der Waals surface area contributed by atoms with Crippen molar-refractivity contribution in [2.75, 3.05) is 33.4 Å². The maximum absolute atomic E-state index is 12.0. The normalized spacial score (nSPS) is 10.5. The Kier molecular flexibility index (Phi) is 7.59. The van der Waals surface area contributed by atoms with Crippen LogP contribution in [0.1, 0.15) is 10.4 Å². The van der Waals surface area contributed by atoms with Gasteiger partial charge in [0.05, 0.1) is 6.61 Å². The van der Waals surface area contributed by atoms with E-state index in [1.807, 2.05) is 42.5 Å². The number of nitrogens with one attached hydrogen (secondary N) is 2. The minimum atomic E-state index is -0.0621. The number of hydrogen-bond donors (Lipinski definition) is 2. The Labute approximate surface area is 140 Å². The molecule has 0 fully saturated rings. The van der Waals surface area contributed by atoms with Crippen molar-refractivity contribution in [3.05, 3.63) is 54.2 Å². The molecular formula is C17H21N3O2S. The summed E-state index contributed by atoms with van der Waals surface area (Å²) >= 11 is 1.57.